The van der Waals surface area contributed by atoms with E-state index in [9.17, 15) is 9.18 Å². The van der Waals surface area contributed by atoms with Crippen molar-refractivity contribution in [3.05, 3.63) is 35.6 Å². The number of amides is 2. The molecule has 25 heavy (non-hydrogen) atoms. The summed E-state index contributed by atoms with van der Waals surface area (Å²) in [6.45, 7) is 0.587. The van der Waals surface area contributed by atoms with Crippen molar-refractivity contribution in [1.82, 2.24) is 10.2 Å². The van der Waals surface area contributed by atoms with Gasteiger partial charge in [-0.2, -0.15) is 0 Å². The largest absolute Gasteiger partial charge is 0.335 e. The minimum atomic E-state index is -0.222. The predicted octanol–water partition coefficient (Wildman–Crippen LogP) is 4.32. The number of benzene rings is 1. The van der Waals surface area contributed by atoms with Crippen molar-refractivity contribution in [2.24, 2.45) is 23.7 Å². The highest BCUT2D eigenvalue weighted by molar-refractivity contribution is 5.75. The fraction of sp³-hybridized carbons (Fsp3) is 0.667. The quantitative estimate of drug-likeness (QED) is 0.868. The molecule has 6 rings (SSSR count). The molecule has 5 aliphatic carbocycles. The maximum absolute atomic E-state index is 13.1. The molecule has 1 N–H and O–H groups in total. The molecule has 5 aliphatic rings. The molecule has 4 bridgehead atoms. The lowest BCUT2D eigenvalue weighted by molar-refractivity contribution is -0.0112. The van der Waals surface area contributed by atoms with E-state index in [4.69, 9.17) is 0 Å². The number of halogens is 1. The predicted molar refractivity (Wildman–Crippen MR) is 94.3 cm³/mol. The summed E-state index contributed by atoms with van der Waals surface area (Å²) in [5, 5.41) is 3.43. The molecule has 0 aliphatic heterocycles. The summed E-state index contributed by atoms with van der Waals surface area (Å²) in [7, 11) is 0. The van der Waals surface area contributed by atoms with Gasteiger partial charge in [0.15, 0.2) is 0 Å². The third-order valence-corrected chi connectivity index (χ3v) is 7.03. The average molecular weight is 342 g/mol. The van der Waals surface area contributed by atoms with Crippen molar-refractivity contribution in [3.63, 3.8) is 0 Å². The maximum Gasteiger partial charge on any atom is 0.318 e. The Morgan fingerprint density at radius 2 is 1.60 bits per heavy atom. The van der Waals surface area contributed by atoms with E-state index in [2.05, 4.69) is 5.32 Å². The molecule has 1 aromatic carbocycles. The number of rotatable bonds is 4. The first kappa shape index (κ1) is 15.7. The van der Waals surface area contributed by atoms with Crippen LogP contribution < -0.4 is 5.32 Å². The van der Waals surface area contributed by atoms with Gasteiger partial charge in [0.05, 0.1) is 0 Å². The first-order valence-electron chi connectivity index (χ1n) is 9.97. The molecule has 0 radical (unpaired) electrons. The van der Waals surface area contributed by atoms with Gasteiger partial charge < -0.3 is 10.2 Å². The van der Waals surface area contributed by atoms with E-state index >= 15 is 0 Å². The fourth-order valence-corrected chi connectivity index (χ4v) is 5.93. The minimum Gasteiger partial charge on any atom is -0.335 e. The number of carbonyl (C=O) groups excluding carboxylic acids is 1. The van der Waals surface area contributed by atoms with Crippen LogP contribution in [0.1, 0.15) is 50.5 Å². The lowest BCUT2D eigenvalue weighted by atomic mass is 9.54. The van der Waals surface area contributed by atoms with E-state index < -0.39 is 0 Å². The summed E-state index contributed by atoms with van der Waals surface area (Å²) >= 11 is 0. The van der Waals surface area contributed by atoms with Crippen LogP contribution in [-0.4, -0.2) is 23.0 Å². The zero-order valence-electron chi connectivity index (χ0n) is 14.7. The van der Waals surface area contributed by atoms with E-state index in [-0.39, 0.29) is 11.8 Å². The van der Waals surface area contributed by atoms with Crippen LogP contribution in [0.15, 0.2) is 24.3 Å². The van der Waals surface area contributed by atoms with E-state index in [0.717, 1.165) is 30.2 Å². The molecule has 0 unspecified atom stereocenters. The van der Waals surface area contributed by atoms with Gasteiger partial charge in [0.1, 0.15) is 5.82 Å². The molecule has 5 saturated carbocycles. The highest BCUT2D eigenvalue weighted by atomic mass is 19.1. The summed E-state index contributed by atoms with van der Waals surface area (Å²) in [5.74, 6) is 3.03. The molecule has 5 fully saturated rings. The molecule has 0 atom stereocenters. The Morgan fingerprint density at radius 1 is 1.00 bits per heavy atom. The molecule has 134 valence electrons. The summed E-state index contributed by atoms with van der Waals surface area (Å²) in [4.78, 5) is 15.0. The highest BCUT2D eigenvalue weighted by Crippen LogP contribution is 2.53. The number of urea groups is 1. The molecule has 0 aromatic heterocycles. The van der Waals surface area contributed by atoms with Crippen molar-refractivity contribution in [3.8, 4) is 0 Å². The van der Waals surface area contributed by atoms with Crippen LogP contribution in [0, 0.1) is 29.5 Å². The molecule has 0 saturated heterocycles. The van der Waals surface area contributed by atoms with Crippen molar-refractivity contribution >= 4 is 6.03 Å². The van der Waals surface area contributed by atoms with E-state index in [1.54, 1.807) is 12.1 Å². The first-order chi connectivity index (χ1) is 12.2. The summed E-state index contributed by atoms with van der Waals surface area (Å²) < 4.78 is 13.1. The normalized spacial score (nSPS) is 35.6. The Labute approximate surface area is 149 Å². The third-order valence-electron chi connectivity index (χ3n) is 7.03. The van der Waals surface area contributed by atoms with Crippen LogP contribution in [0.3, 0.4) is 0 Å². The first-order valence-corrected chi connectivity index (χ1v) is 9.97. The van der Waals surface area contributed by atoms with Crippen molar-refractivity contribution in [1.29, 1.82) is 0 Å². The van der Waals surface area contributed by atoms with E-state index in [1.165, 1.54) is 44.2 Å². The van der Waals surface area contributed by atoms with Crippen LogP contribution in [0.2, 0.25) is 0 Å². The van der Waals surface area contributed by atoms with Gasteiger partial charge in [-0.1, -0.05) is 12.1 Å². The molecule has 1 aromatic rings. The smallest absolute Gasteiger partial charge is 0.318 e. The second-order valence-corrected chi connectivity index (χ2v) is 8.89. The van der Waals surface area contributed by atoms with Gasteiger partial charge >= 0.3 is 6.03 Å². The van der Waals surface area contributed by atoms with E-state index in [0.29, 0.717) is 30.5 Å². The minimum absolute atomic E-state index is 0.101. The molecule has 0 heterocycles. The monoisotopic (exact) mass is 342 g/mol. The summed E-state index contributed by atoms with van der Waals surface area (Å²) in [5.41, 5.74) is 1.01. The van der Waals surface area contributed by atoms with Crippen molar-refractivity contribution < 1.29 is 9.18 Å². The number of carbonyl (C=O) groups is 1. The zero-order chi connectivity index (χ0) is 17.0. The second-order valence-electron chi connectivity index (χ2n) is 8.89. The number of nitrogens with one attached hydrogen (secondary N) is 1. The van der Waals surface area contributed by atoms with Gasteiger partial charge in [-0.3, -0.25) is 0 Å². The van der Waals surface area contributed by atoms with Gasteiger partial charge in [-0.25, -0.2) is 9.18 Å². The molecule has 0 spiro atoms. The standard InChI is InChI=1S/C21H27FN2O/c22-18-3-1-13(2-4-18)12-24(19-5-6-19)21(25)23-20-16-8-14-7-15(10-16)11-17(20)9-14/h1-4,14-17,19-20H,5-12H2,(H,23,25). The zero-order valence-corrected chi connectivity index (χ0v) is 14.7. The highest BCUT2D eigenvalue weighted by Gasteiger charge is 2.49. The molecular weight excluding hydrogens is 315 g/mol. The molecule has 2 amide bonds. The Kier molecular flexibility index (Phi) is 3.76. The number of hydrogen-bond donors (Lipinski definition) is 1. The van der Waals surface area contributed by atoms with Crippen molar-refractivity contribution in [2.45, 2.75) is 63.6 Å². The van der Waals surface area contributed by atoms with Gasteiger partial charge in [0.2, 0.25) is 0 Å². The lowest BCUT2D eigenvalue weighted by Gasteiger charge is -2.54. The van der Waals surface area contributed by atoms with Crippen LogP contribution in [0.25, 0.3) is 0 Å². The Hall–Kier alpha value is -1.58. The van der Waals surface area contributed by atoms with Crippen LogP contribution in [-0.2, 0) is 6.54 Å². The van der Waals surface area contributed by atoms with Gasteiger partial charge in [0, 0.05) is 18.6 Å². The third kappa shape index (κ3) is 3.04. The summed E-state index contributed by atoms with van der Waals surface area (Å²) in [6, 6.07) is 7.40. The van der Waals surface area contributed by atoms with Gasteiger partial charge in [0.25, 0.3) is 0 Å². The summed E-state index contributed by atoms with van der Waals surface area (Å²) in [6.07, 6.45) is 8.90. The lowest BCUT2D eigenvalue weighted by Crippen LogP contribution is -2.58. The second kappa shape index (κ2) is 6.00. The number of nitrogens with zero attached hydrogens (tertiary/aromatic N) is 1. The fourth-order valence-electron chi connectivity index (χ4n) is 5.93. The van der Waals surface area contributed by atoms with Gasteiger partial charge in [-0.15, -0.1) is 0 Å². The van der Waals surface area contributed by atoms with Crippen LogP contribution >= 0.6 is 0 Å². The van der Waals surface area contributed by atoms with Crippen LogP contribution in [0.4, 0.5) is 9.18 Å². The maximum atomic E-state index is 13.1. The van der Waals surface area contributed by atoms with E-state index in [1.807, 2.05) is 4.90 Å². The topological polar surface area (TPSA) is 32.3 Å². The molecular formula is C21H27FN2O. The SMILES string of the molecule is O=C(NC1C2CC3CC(C2)CC1C3)N(Cc1ccc(F)cc1)C1CC1. The van der Waals surface area contributed by atoms with Crippen molar-refractivity contribution in [2.75, 3.05) is 0 Å². The number of hydrogen-bond acceptors (Lipinski definition) is 1. The molecule has 3 nitrogen and oxygen atoms in total. The Bertz CT molecular complexity index is 626. The Morgan fingerprint density at radius 3 is 2.16 bits per heavy atom. The van der Waals surface area contributed by atoms with Gasteiger partial charge in [-0.05, 0) is 86.3 Å². The Balaban J connectivity index is 1.28. The van der Waals surface area contributed by atoms with Crippen LogP contribution in [0.5, 0.6) is 0 Å². The average Bonchev–Trinajstić information content (AvgIpc) is 3.41. The molecule has 4 heteroatoms.